The van der Waals surface area contributed by atoms with E-state index in [4.69, 9.17) is 22.9 Å². The third-order valence-electron chi connectivity index (χ3n) is 6.45. The lowest BCUT2D eigenvalue weighted by Gasteiger charge is -2.48. The Morgan fingerprint density at radius 3 is 2.03 bits per heavy atom. The number of carboxylic acid groups (broad SMARTS) is 1. The Balaban J connectivity index is 4.26. The number of nitrogens with zero attached hydrogens (tertiary/aromatic N) is 1. The van der Waals surface area contributed by atoms with E-state index in [9.17, 15) is 39.0 Å². The molecule has 0 aromatic rings. The summed E-state index contributed by atoms with van der Waals surface area (Å²) in [6.45, 7) is 2.34. The third-order valence-corrected chi connectivity index (χ3v) is 6.45. The van der Waals surface area contributed by atoms with Crippen molar-refractivity contribution in [1.82, 2.24) is 10.2 Å². The number of ketones is 3. The van der Waals surface area contributed by atoms with Gasteiger partial charge in [0.25, 0.3) is 5.54 Å². The zero-order valence-corrected chi connectivity index (χ0v) is 20.2. The molecule has 1 saturated heterocycles. The van der Waals surface area contributed by atoms with E-state index in [1.54, 1.807) is 6.92 Å². The number of carboxylic acids is 1. The molecule has 0 aromatic carbocycles. The Bertz CT molecular complexity index is 874. The molecule has 14 nitrogen and oxygen atoms in total. The summed E-state index contributed by atoms with van der Waals surface area (Å²) in [5.74, 6) is -10.6. The van der Waals surface area contributed by atoms with Crippen LogP contribution < -0.4 is 28.3 Å². The van der Waals surface area contributed by atoms with Gasteiger partial charge in [0.2, 0.25) is 17.4 Å². The van der Waals surface area contributed by atoms with Gasteiger partial charge in [-0.2, -0.15) is 0 Å². The Labute approximate surface area is 202 Å². The van der Waals surface area contributed by atoms with E-state index in [2.05, 4.69) is 5.32 Å². The lowest BCUT2D eigenvalue weighted by atomic mass is 9.66. The van der Waals surface area contributed by atoms with Crippen molar-refractivity contribution in [3.8, 4) is 0 Å². The van der Waals surface area contributed by atoms with Crippen LogP contribution in [0.15, 0.2) is 0 Å². The fraction of sp³-hybridized carbons (Fsp3) is 0.714. The Kier molecular flexibility index (Phi) is 10.3. The van der Waals surface area contributed by atoms with Crippen molar-refractivity contribution in [3.63, 3.8) is 0 Å². The highest BCUT2D eigenvalue weighted by Gasteiger charge is 2.75. The van der Waals surface area contributed by atoms with Gasteiger partial charge in [-0.05, 0) is 32.2 Å². The average molecular weight is 501 g/mol. The zero-order valence-electron chi connectivity index (χ0n) is 20.2. The maximum absolute atomic E-state index is 13.9. The van der Waals surface area contributed by atoms with Gasteiger partial charge in [-0.3, -0.25) is 28.9 Å². The molecular weight excluding hydrogens is 464 g/mol. The van der Waals surface area contributed by atoms with Crippen LogP contribution in [0.2, 0.25) is 0 Å². The van der Waals surface area contributed by atoms with Crippen LogP contribution in [0.4, 0.5) is 0 Å². The molecule has 1 heterocycles. The van der Waals surface area contributed by atoms with Gasteiger partial charge in [0.05, 0.1) is 31.2 Å². The number of nitrogens with two attached hydrogens (primary N) is 4. The van der Waals surface area contributed by atoms with Crippen molar-refractivity contribution in [1.29, 1.82) is 0 Å². The monoisotopic (exact) mass is 500 g/mol. The van der Waals surface area contributed by atoms with Gasteiger partial charge in [-0.25, -0.2) is 4.79 Å². The number of carbonyl (C=O) groups excluding carboxylic acids is 5. The number of aliphatic carboxylic acids is 1. The van der Waals surface area contributed by atoms with Crippen LogP contribution in [0, 0.1) is 5.92 Å². The fourth-order valence-corrected chi connectivity index (χ4v) is 4.17. The van der Waals surface area contributed by atoms with Crippen LogP contribution >= 0.6 is 0 Å². The molecule has 0 saturated carbocycles. The van der Waals surface area contributed by atoms with Gasteiger partial charge in [-0.1, -0.05) is 20.3 Å². The van der Waals surface area contributed by atoms with E-state index in [0.29, 0.717) is 12.8 Å². The Morgan fingerprint density at radius 1 is 1.09 bits per heavy atom. The minimum Gasteiger partial charge on any atom is -0.479 e. The second-order valence-electron chi connectivity index (χ2n) is 8.70. The molecule has 0 aliphatic carbocycles. The minimum atomic E-state index is -3.83. The maximum atomic E-state index is 13.9. The van der Waals surface area contributed by atoms with E-state index in [0.717, 1.165) is 6.92 Å². The Hall–Kier alpha value is -2.62. The van der Waals surface area contributed by atoms with Crippen molar-refractivity contribution in [2.45, 2.75) is 69.3 Å². The van der Waals surface area contributed by atoms with E-state index in [1.165, 1.54) is 6.92 Å². The average Bonchev–Trinajstić information content (AvgIpc) is 3.38. The van der Waals surface area contributed by atoms with Crippen LogP contribution in [0.1, 0.15) is 40.0 Å². The first kappa shape index (κ1) is 30.4. The smallest absolute Gasteiger partial charge is 0.342 e. The van der Waals surface area contributed by atoms with E-state index >= 15 is 0 Å². The van der Waals surface area contributed by atoms with Gasteiger partial charge in [0.1, 0.15) is 0 Å². The van der Waals surface area contributed by atoms with Gasteiger partial charge >= 0.3 is 5.97 Å². The highest BCUT2D eigenvalue weighted by atomic mass is 16.4. The van der Waals surface area contributed by atoms with Crippen molar-refractivity contribution in [2.24, 2.45) is 28.9 Å². The summed E-state index contributed by atoms with van der Waals surface area (Å²) in [5, 5.41) is 24.8. The molecule has 0 radical (unpaired) electrons. The zero-order chi connectivity index (χ0) is 27.3. The lowest BCUT2D eigenvalue weighted by molar-refractivity contribution is -0.195. The highest BCUT2D eigenvalue weighted by molar-refractivity contribution is 6.29. The molecule has 6 atom stereocenters. The topological polar surface area (TPSA) is 262 Å². The van der Waals surface area contributed by atoms with Gasteiger partial charge < -0.3 is 38.5 Å². The van der Waals surface area contributed by atoms with Crippen molar-refractivity contribution in [2.75, 3.05) is 19.6 Å². The van der Waals surface area contributed by atoms with E-state index in [1.807, 2.05) is 0 Å². The number of carbonyl (C=O) groups is 6. The molecular formula is C21H36N6O8. The fourth-order valence-electron chi connectivity index (χ4n) is 4.17. The van der Waals surface area contributed by atoms with E-state index in [-0.39, 0.29) is 17.9 Å². The molecule has 14 heteroatoms. The number of hydrogen-bond acceptors (Lipinski definition) is 12. The predicted octanol–water partition coefficient (Wildman–Crippen LogP) is -4.01. The molecule has 0 aromatic heterocycles. The van der Waals surface area contributed by atoms with Crippen molar-refractivity contribution < 1.29 is 39.0 Å². The second-order valence-corrected chi connectivity index (χ2v) is 8.70. The molecule has 35 heavy (non-hydrogen) atoms. The van der Waals surface area contributed by atoms with Crippen LogP contribution in [0.5, 0.6) is 0 Å². The molecule has 0 bridgehead atoms. The molecule has 1 fully saturated rings. The van der Waals surface area contributed by atoms with Crippen molar-refractivity contribution in [3.05, 3.63) is 0 Å². The van der Waals surface area contributed by atoms with Crippen molar-refractivity contribution >= 4 is 35.1 Å². The molecule has 2 amide bonds. The lowest BCUT2D eigenvalue weighted by Crippen LogP contribution is -2.84. The quantitative estimate of drug-likeness (QED) is 0.119. The number of Topliss-reactive ketones (excluding diaryl/α,β-unsaturated/α-hetero) is 3. The van der Waals surface area contributed by atoms with Gasteiger partial charge in [-0.15, -0.1) is 0 Å². The standard InChI is InChI=1S/C21H36N6O8/c1-4-10(2)15(25)18(32)27(14(29)9-23)20(19(33)34,17(31)12-6-5-7-26-12)21(35,13(28)8-22)16(30)11(3)24/h10-12,15,26,35H,4-9,22-25H2,1-3H3,(H,33,34). The summed E-state index contributed by atoms with van der Waals surface area (Å²) in [4.78, 5) is 79.7. The number of amides is 2. The summed E-state index contributed by atoms with van der Waals surface area (Å²) in [7, 11) is 0. The third kappa shape index (κ3) is 5.03. The number of nitrogens with one attached hydrogen (secondary N) is 1. The first-order valence-corrected chi connectivity index (χ1v) is 11.3. The summed E-state index contributed by atoms with van der Waals surface area (Å²) in [5.41, 5.74) is 14.9. The Morgan fingerprint density at radius 2 is 1.66 bits per heavy atom. The summed E-state index contributed by atoms with van der Waals surface area (Å²) >= 11 is 0. The SMILES string of the molecule is CCC(C)C(N)C(=O)N(C(=O)CN)C(C(=O)O)(C(=O)C1CCCN1)C(O)(C(=O)CN)C(=O)C(C)N. The molecule has 1 aliphatic rings. The van der Waals surface area contributed by atoms with Crippen LogP contribution in [0.3, 0.4) is 0 Å². The molecule has 1 rings (SSSR count). The largest absolute Gasteiger partial charge is 0.479 e. The summed E-state index contributed by atoms with van der Waals surface area (Å²) in [6.07, 6.45) is 0.728. The molecule has 1 aliphatic heterocycles. The number of rotatable bonds is 13. The minimum absolute atomic E-state index is 0.0311. The summed E-state index contributed by atoms with van der Waals surface area (Å²) < 4.78 is 0. The summed E-state index contributed by atoms with van der Waals surface area (Å²) in [6, 6.07) is -4.60. The molecule has 198 valence electrons. The second kappa shape index (κ2) is 11.9. The highest BCUT2D eigenvalue weighted by Crippen LogP contribution is 2.37. The first-order valence-electron chi connectivity index (χ1n) is 11.3. The molecule has 11 N–H and O–H groups in total. The predicted molar refractivity (Wildman–Crippen MR) is 122 cm³/mol. The normalized spacial score (nSPS) is 21.7. The van der Waals surface area contributed by atoms with Gasteiger partial charge in [0, 0.05) is 0 Å². The van der Waals surface area contributed by atoms with Gasteiger partial charge in [0.15, 0.2) is 17.3 Å². The first-order chi connectivity index (χ1) is 16.2. The van der Waals surface area contributed by atoms with Crippen LogP contribution in [0.25, 0.3) is 0 Å². The number of aliphatic hydroxyl groups is 1. The molecule has 6 unspecified atom stereocenters. The number of imide groups is 1. The maximum Gasteiger partial charge on any atom is 0.342 e. The van der Waals surface area contributed by atoms with Crippen LogP contribution in [-0.4, -0.2) is 99.1 Å². The number of hydrogen-bond donors (Lipinski definition) is 7. The van der Waals surface area contributed by atoms with E-state index < -0.39 is 83.4 Å². The molecule has 0 spiro atoms. The van der Waals surface area contributed by atoms with Crippen LogP contribution in [-0.2, 0) is 28.8 Å².